The van der Waals surface area contributed by atoms with Crippen LogP contribution in [0.15, 0.2) is 60.0 Å². The van der Waals surface area contributed by atoms with Gasteiger partial charge in [0, 0.05) is 17.6 Å². The number of benzene rings is 2. The fourth-order valence-electron chi connectivity index (χ4n) is 2.77. The molecular weight excluding hydrogens is 437 g/mol. The van der Waals surface area contributed by atoms with Gasteiger partial charge in [0.2, 0.25) is 5.91 Å². The second-order valence-corrected chi connectivity index (χ2v) is 9.73. The lowest BCUT2D eigenvalue weighted by molar-refractivity contribution is -0.120. The molecule has 1 atom stereocenters. The SMILES string of the molecule is COP(=O)(Cc1ccc(C(=O)Nc2cc(-c3cccs3)ccc2N)cc1)OCC(N)=O. The van der Waals surface area contributed by atoms with Crippen molar-refractivity contribution in [3.8, 4) is 10.4 Å². The number of anilines is 2. The monoisotopic (exact) mass is 459 g/mol. The van der Waals surface area contributed by atoms with Crippen LogP contribution in [-0.4, -0.2) is 25.5 Å². The topological polar surface area (TPSA) is 134 Å². The summed E-state index contributed by atoms with van der Waals surface area (Å²) in [7, 11) is -2.29. The lowest BCUT2D eigenvalue weighted by Crippen LogP contribution is -2.17. The van der Waals surface area contributed by atoms with Gasteiger partial charge in [0.15, 0.2) is 0 Å². The van der Waals surface area contributed by atoms with E-state index in [4.69, 9.17) is 20.5 Å². The van der Waals surface area contributed by atoms with E-state index in [0.717, 1.165) is 10.4 Å². The van der Waals surface area contributed by atoms with Crippen molar-refractivity contribution in [2.24, 2.45) is 5.73 Å². The minimum atomic E-state index is -3.52. The number of primary amides is 1. The van der Waals surface area contributed by atoms with Gasteiger partial charge in [0.05, 0.1) is 17.5 Å². The van der Waals surface area contributed by atoms with Crippen molar-refractivity contribution in [2.45, 2.75) is 6.16 Å². The molecular formula is C21H22N3O5PS. The van der Waals surface area contributed by atoms with Crippen LogP contribution in [0.2, 0.25) is 0 Å². The van der Waals surface area contributed by atoms with Gasteiger partial charge in [-0.05, 0) is 46.8 Å². The summed E-state index contributed by atoms with van der Waals surface area (Å²) in [5, 5.41) is 4.80. The van der Waals surface area contributed by atoms with E-state index in [1.165, 1.54) is 7.11 Å². The number of rotatable bonds is 9. The van der Waals surface area contributed by atoms with E-state index in [1.54, 1.807) is 41.7 Å². The van der Waals surface area contributed by atoms with Crippen LogP contribution < -0.4 is 16.8 Å². The Morgan fingerprint density at radius 2 is 1.87 bits per heavy atom. The number of nitrogen functional groups attached to an aromatic ring is 1. The molecule has 0 aliphatic heterocycles. The Labute approximate surface area is 183 Å². The van der Waals surface area contributed by atoms with Gasteiger partial charge in [-0.1, -0.05) is 24.3 Å². The molecule has 1 unspecified atom stereocenters. The minimum Gasteiger partial charge on any atom is -0.397 e. The molecule has 1 aromatic heterocycles. The summed E-state index contributed by atoms with van der Waals surface area (Å²) in [6.45, 7) is -0.502. The van der Waals surface area contributed by atoms with Crippen LogP contribution in [0.1, 0.15) is 15.9 Å². The first kappa shape index (κ1) is 22.7. The number of amides is 2. The molecule has 2 amide bonds. The molecule has 0 spiro atoms. The molecule has 3 rings (SSSR count). The number of nitrogens with two attached hydrogens (primary N) is 2. The Kier molecular flexibility index (Phi) is 7.25. The average Bonchev–Trinajstić information content (AvgIpc) is 3.29. The van der Waals surface area contributed by atoms with Gasteiger partial charge in [-0.25, -0.2) is 0 Å². The maximum Gasteiger partial charge on any atom is 0.335 e. The number of thiophene rings is 1. The molecule has 0 bridgehead atoms. The highest BCUT2D eigenvalue weighted by Crippen LogP contribution is 2.50. The summed E-state index contributed by atoms with van der Waals surface area (Å²) in [6, 6.07) is 15.9. The molecule has 0 saturated heterocycles. The Morgan fingerprint density at radius 1 is 1.13 bits per heavy atom. The molecule has 31 heavy (non-hydrogen) atoms. The first-order valence-electron chi connectivity index (χ1n) is 9.21. The molecule has 5 N–H and O–H groups in total. The van der Waals surface area contributed by atoms with E-state index >= 15 is 0 Å². The molecule has 2 aromatic carbocycles. The quantitative estimate of drug-likeness (QED) is 0.326. The average molecular weight is 459 g/mol. The maximum absolute atomic E-state index is 12.7. The molecule has 8 nitrogen and oxygen atoms in total. The molecule has 0 aliphatic rings. The molecule has 10 heteroatoms. The third kappa shape index (κ3) is 6.02. The van der Waals surface area contributed by atoms with Gasteiger partial charge in [0.25, 0.3) is 5.91 Å². The van der Waals surface area contributed by atoms with Crippen molar-refractivity contribution in [3.05, 3.63) is 71.1 Å². The highest BCUT2D eigenvalue weighted by atomic mass is 32.1. The van der Waals surface area contributed by atoms with E-state index in [2.05, 4.69) is 5.32 Å². The maximum atomic E-state index is 12.7. The summed E-state index contributed by atoms with van der Waals surface area (Å²) in [6.07, 6.45) is -0.0610. The summed E-state index contributed by atoms with van der Waals surface area (Å²) < 4.78 is 22.5. The van der Waals surface area contributed by atoms with Crippen LogP contribution in [0.4, 0.5) is 11.4 Å². The summed E-state index contributed by atoms with van der Waals surface area (Å²) in [4.78, 5) is 24.6. The van der Waals surface area contributed by atoms with Crippen molar-refractivity contribution >= 4 is 42.1 Å². The third-order valence-electron chi connectivity index (χ3n) is 4.38. The van der Waals surface area contributed by atoms with E-state index in [0.29, 0.717) is 22.5 Å². The van der Waals surface area contributed by atoms with Crippen LogP contribution in [0.5, 0.6) is 0 Å². The Balaban J connectivity index is 1.70. The summed E-state index contributed by atoms with van der Waals surface area (Å²) in [5.74, 6) is -1.08. The second-order valence-electron chi connectivity index (χ2n) is 6.62. The van der Waals surface area contributed by atoms with Crippen LogP contribution in [0, 0.1) is 0 Å². The van der Waals surface area contributed by atoms with Crippen molar-refractivity contribution in [3.63, 3.8) is 0 Å². The smallest absolute Gasteiger partial charge is 0.335 e. The molecule has 0 fully saturated rings. The summed E-state index contributed by atoms with van der Waals surface area (Å²) in [5.41, 5.74) is 14.0. The largest absolute Gasteiger partial charge is 0.397 e. The van der Waals surface area contributed by atoms with Crippen molar-refractivity contribution in [1.82, 2.24) is 0 Å². The predicted octanol–water partition coefficient (Wildman–Crippen LogP) is 4.09. The standard InChI is InChI=1S/C21H22N3O5PS/c1-28-30(27,29-12-20(23)25)13-14-4-6-15(7-5-14)21(26)24-18-11-16(8-9-17(18)22)19-3-2-10-31-19/h2-11H,12-13,22H2,1H3,(H2,23,25)(H,24,26). The highest BCUT2D eigenvalue weighted by Gasteiger charge is 2.24. The Morgan fingerprint density at radius 3 is 2.48 bits per heavy atom. The van der Waals surface area contributed by atoms with E-state index in [1.807, 2.05) is 29.6 Å². The van der Waals surface area contributed by atoms with Gasteiger partial charge in [-0.2, -0.15) is 0 Å². The number of carbonyl (C=O) groups excluding carboxylic acids is 2. The van der Waals surface area contributed by atoms with Gasteiger partial charge in [0.1, 0.15) is 6.61 Å². The molecule has 0 radical (unpaired) electrons. The van der Waals surface area contributed by atoms with Gasteiger partial charge < -0.3 is 21.3 Å². The van der Waals surface area contributed by atoms with Crippen LogP contribution in [-0.2, 0) is 24.6 Å². The fraction of sp³-hybridized carbons (Fsp3) is 0.143. The van der Waals surface area contributed by atoms with E-state index in [9.17, 15) is 14.2 Å². The zero-order chi connectivity index (χ0) is 22.4. The Bertz CT molecular complexity index is 1120. The van der Waals surface area contributed by atoms with Crippen LogP contribution in [0.25, 0.3) is 10.4 Å². The van der Waals surface area contributed by atoms with Crippen LogP contribution in [0.3, 0.4) is 0 Å². The Hall–Kier alpha value is -2.97. The lowest BCUT2D eigenvalue weighted by Gasteiger charge is -2.15. The zero-order valence-electron chi connectivity index (χ0n) is 16.7. The zero-order valence-corrected chi connectivity index (χ0v) is 18.5. The second kappa shape index (κ2) is 9.89. The lowest BCUT2D eigenvalue weighted by atomic mass is 10.1. The van der Waals surface area contributed by atoms with E-state index < -0.39 is 20.1 Å². The number of nitrogens with one attached hydrogen (secondary N) is 1. The first-order valence-corrected chi connectivity index (χ1v) is 11.8. The number of hydrogen-bond donors (Lipinski definition) is 3. The minimum absolute atomic E-state index is 0.0610. The summed E-state index contributed by atoms with van der Waals surface area (Å²) >= 11 is 1.60. The number of carbonyl (C=O) groups is 2. The number of hydrogen-bond acceptors (Lipinski definition) is 7. The van der Waals surface area contributed by atoms with Gasteiger partial charge in [-0.15, -0.1) is 11.3 Å². The fourth-order valence-corrected chi connectivity index (χ4v) is 4.80. The normalized spacial score (nSPS) is 12.8. The van der Waals surface area contributed by atoms with Crippen molar-refractivity contribution in [1.29, 1.82) is 0 Å². The van der Waals surface area contributed by atoms with Crippen LogP contribution >= 0.6 is 18.9 Å². The molecule has 0 aliphatic carbocycles. The first-order chi connectivity index (χ1) is 14.8. The highest BCUT2D eigenvalue weighted by molar-refractivity contribution is 7.53. The molecule has 1 heterocycles. The van der Waals surface area contributed by atoms with Crippen molar-refractivity contribution < 1.29 is 23.2 Å². The predicted molar refractivity (Wildman–Crippen MR) is 122 cm³/mol. The molecule has 162 valence electrons. The molecule has 3 aromatic rings. The van der Waals surface area contributed by atoms with Gasteiger partial charge in [-0.3, -0.25) is 18.7 Å². The van der Waals surface area contributed by atoms with E-state index in [-0.39, 0.29) is 12.1 Å². The third-order valence-corrected chi connectivity index (χ3v) is 7.13. The van der Waals surface area contributed by atoms with Crippen molar-refractivity contribution in [2.75, 3.05) is 24.8 Å². The molecule has 0 saturated carbocycles. The van der Waals surface area contributed by atoms with Gasteiger partial charge >= 0.3 is 7.60 Å².